The van der Waals surface area contributed by atoms with Gasteiger partial charge in [-0.15, -0.1) is 11.3 Å². The number of nitrogens with zero attached hydrogens (tertiary/aromatic N) is 2. The molecule has 6 heteroatoms. The molecule has 0 aliphatic carbocycles. The van der Waals surface area contributed by atoms with Gasteiger partial charge in [0, 0.05) is 33.3 Å². The highest BCUT2D eigenvalue weighted by Gasteiger charge is 2.12. The first-order valence-electron chi connectivity index (χ1n) is 12.5. The minimum atomic E-state index is 0.0695. The van der Waals surface area contributed by atoms with E-state index in [1.165, 1.54) is 64.7 Å². The van der Waals surface area contributed by atoms with Crippen molar-refractivity contribution in [2.75, 3.05) is 52.5 Å². The normalized spacial score (nSPS) is 18.1. The predicted octanol–water partition coefficient (Wildman–Crippen LogP) is 5.14. The van der Waals surface area contributed by atoms with Gasteiger partial charge in [0.05, 0.1) is 0 Å². The molecule has 2 saturated heterocycles. The first kappa shape index (κ1) is 22.6. The number of likely N-dealkylation sites (tertiary alicyclic amines) is 2. The monoisotopic (exact) mass is 466 g/mol. The lowest BCUT2D eigenvalue weighted by molar-refractivity contribution is 0.183. The molecule has 0 saturated carbocycles. The molecule has 33 heavy (non-hydrogen) atoms. The summed E-state index contributed by atoms with van der Waals surface area (Å²) < 4.78 is 14.0. The molecule has 2 aromatic carbocycles. The van der Waals surface area contributed by atoms with E-state index in [2.05, 4.69) is 9.80 Å². The van der Waals surface area contributed by atoms with E-state index < -0.39 is 0 Å². The molecule has 0 atom stereocenters. The van der Waals surface area contributed by atoms with Crippen LogP contribution < -0.4 is 14.9 Å². The maximum Gasteiger partial charge on any atom is 0.196 e. The van der Waals surface area contributed by atoms with Crippen LogP contribution in [0, 0.1) is 0 Å². The molecule has 3 aromatic rings. The Morgan fingerprint density at radius 1 is 0.667 bits per heavy atom. The molecule has 0 N–H and O–H groups in total. The van der Waals surface area contributed by atoms with Gasteiger partial charge in [0.2, 0.25) is 0 Å². The largest absolute Gasteiger partial charge is 0.492 e. The average Bonchev–Trinajstić information content (AvgIpc) is 2.86. The van der Waals surface area contributed by atoms with Crippen LogP contribution in [0.1, 0.15) is 38.5 Å². The first-order valence-corrected chi connectivity index (χ1v) is 13.3. The van der Waals surface area contributed by atoms with E-state index in [4.69, 9.17) is 9.47 Å². The molecule has 0 radical (unpaired) electrons. The van der Waals surface area contributed by atoms with Crippen molar-refractivity contribution in [3.8, 4) is 11.5 Å². The number of ether oxygens (including phenoxy) is 2. The highest BCUT2D eigenvalue weighted by Crippen LogP contribution is 2.30. The Labute approximate surface area is 199 Å². The van der Waals surface area contributed by atoms with Crippen molar-refractivity contribution >= 4 is 31.5 Å². The molecule has 0 spiro atoms. The lowest BCUT2D eigenvalue weighted by Crippen LogP contribution is -2.33. The fourth-order valence-corrected chi connectivity index (χ4v) is 6.02. The fourth-order valence-electron chi connectivity index (χ4n) is 4.94. The minimum Gasteiger partial charge on any atom is -0.492 e. The molecule has 2 aliphatic rings. The Morgan fingerprint density at radius 2 is 1.24 bits per heavy atom. The average molecular weight is 467 g/mol. The molecule has 0 bridgehead atoms. The summed E-state index contributed by atoms with van der Waals surface area (Å²) in [6.07, 6.45) is 7.85. The first-order chi connectivity index (χ1) is 16.3. The quantitative estimate of drug-likeness (QED) is 0.430. The van der Waals surface area contributed by atoms with E-state index in [-0.39, 0.29) is 5.43 Å². The Morgan fingerprint density at radius 3 is 1.88 bits per heavy atom. The lowest BCUT2D eigenvalue weighted by atomic mass is 10.1. The zero-order valence-corrected chi connectivity index (χ0v) is 20.2. The number of piperidine rings is 2. The van der Waals surface area contributed by atoms with Crippen molar-refractivity contribution in [3.05, 3.63) is 46.6 Å². The summed E-state index contributed by atoms with van der Waals surface area (Å²) in [6.45, 7) is 7.96. The van der Waals surface area contributed by atoms with Gasteiger partial charge in [-0.2, -0.15) is 0 Å². The molecule has 0 unspecified atom stereocenters. The fraction of sp³-hybridized carbons (Fsp3) is 0.519. The van der Waals surface area contributed by atoms with E-state index in [1.807, 2.05) is 36.4 Å². The lowest BCUT2D eigenvalue weighted by Gasteiger charge is -2.26. The molecule has 3 heterocycles. The summed E-state index contributed by atoms with van der Waals surface area (Å²) in [5, 5.41) is 1.49. The SMILES string of the molecule is O=c1c2ccc(OCCN3CCCCC3)cc2sc2ccc(OCCN3CCCCC3)cc12. The third kappa shape index (κ3) is 5.68. The van der Waals surface area contributed by atoms with Gasteiger partial charge in [0.25, 0.3) is 0 Å². The van der Waals surface area contributed by atoms with Crippen molar-refractivity contribution in [1.29, 1.82) is 0 Å². The van der Waals surface area contributed by atoms with Gasteiger partial charge in [0.1, 0.15) is 24.7 Å². The number of hydrogen-bond acceptors (Lipinski definition) is 6. The smallest absolute Gasteiger partial charge is 0.196 e. The van der Waals surface area contributed by atoms with E-state index >= 15 is 0 Å². The zero-order valence-electron chi connectivity index (χ0n) is 19.4. The van der Waals surface area contributed by atoms with Gasteiger partial charge < -0.3 is 9.47 Å². The molecule has 5 nitrogen and oxygen atoms in total. The highest BCUT2D eigenvalue weighted by atomic mass is 32.1. The summed E-state index contributed by atoms with van der Waals surface area (Å²) in [4.78, 5) is 18.1. The van der Waals surface area contributed by atoms with Gasteiger partial charge in [-0.3, -0.25) is 14.6 Å². The maximum atomic E-state index is 13.2. The topological polar surface area (TPSA) is 42.0 Å². The summed E-state index contributed by atoms with van der Waals surface area (Å²) in [5.74, 6) is 1.62. The van der Waals surface area contributed by atoms with Crippen molar-refractivity contribution in [2.24, 2.45) is 0 Å². The zero-order chi connectivity index (χ0) is 22.5. The Balaban J connectivity index is 1.25. The molecule has 2 fully saturated rings. The third-order valence-electron chi connectivity index (χ3n) is 6.86. The van der Waals surface area contributed by atoms with Gasteiger partial charge in [0.15, 0.2) is 5.43 Å². The summed E-state index contributed by atoms with van der Waals surface area (Å²) in [7, 11) is 0. The molecule has 0 amide bonds. The van der Waals surface area contributed by atoms with E-state index in [1.54, 1.807) is 11.3 Å². The Bertz CT molecular complexity index is 1130. The number of fused-ring (bicyclic) bond motifs is 2. The van der Waals surface area contributed by atoms with Crippen molar-refractivity contribution < 1.29 is 9.47 Å². The molecule has 5 rings (SSSR count). The molecule has 1 aromatic heterocycles. The van der Waals surface area contributed by atoms with Crippen molar-refractivity contribution in [1.82, 2.24) is 9.80 Å². The van der Waals surface area contributed by atoms with Crippen LogP contribution in [0.15, 0.2) is 41.2 Å². The van der Waals surface area contributed by atoms with Crippen LogP contribution >= 0.6 is 11.3 Å². The second-order valence-corrected chi connectivity index (χ2v) is 10.3. The van der Waals surface area contributed by atoms with Crippen LogP contribution in [0.3, 0.4) is 0 Å². The predicted molar refractivity (Wildman–Crippen MR) is 137 cm³/mol. The summed E-state index contributed by atoms with van der Waals surface area (Å²) >= 11 is 1.64. The third-order valence-corrected chi connectivity index (χ3v) is 8.00. The summed E-state index contributed by atoms with van der Waals surface area (Å²) in [6, 6.07) is 11.8. The second kappa shape index (κ2) is 10.9. The van der Waals surface area contributed by atoms with Crippen LogP contribution in [-0.2, 0) is 0 Å². The van der Waals surface area contributed by atoms with E-state index in [9.17, 15) is 4.79 Å². The summed E-state index contributed by atoms with van der Waals surface area (Å²) in [5.41, 5.74) is 0.0695. The van der Waals surface area contributed by atoms with Gasteiger partial charge in [-0.25, -0.2) is 0 Å². The van der Waals surface area contributed by atoms with Gasteiger partial charge in [-0.1, -0.05) is 12.8 Å². The van der Waals surface area contributed by atoms with Crippen molar-refractivity contribution in [2.45, 2.75) is 38.5 Å². The van der Waals surface area contributed by atoms with Gasteiger partial charge in [-0.05, 0) is 88.3 Å². The van der Waals surface area contributed by atoms with Crippen LogP contribution in [0.4, 0.5) is 0 Å². The Hall–Kier alpha value is -2.15. The highest BCUT2D eigenvalue weighted by molar-refractivity contribution is 7.24. The van der Waals surface area contributed by atoms with Crippen LogP contribution in [0.5, 0.6) is 11.5 Å². The second-order valence-electron chi connectivity index (χ2n) is 9.25. The van der Waals surface area contributed by atoms with Gasteiger partial charge >= 0.3 is 0 Å². The molecule has 176 valence electrons. The van der Waals surface area contributed by atoms with Crippen molar-refractivity contribution in [3.63, 3.8) is 0 Å². The molecular weight excluding hydrogens is 432 g/mol. The van der Waals surface area contributed by atoms with Crippen LogP contribution in [0.25, 0.3) is 20.2 Å². The van der Waals surface area contributed by atoms with E-state index in [0.717, 1.165) is 44.8 Å². The number of benzene rings is 2. The van der Waals surface area contributed by atoms with Crippen LogP contribution in [-0.4, -0.2) is 62.3 Å². The van der Waals surface area contributed by atoms with Crippen LogP contribution in [0.2, 0.25) is 0 Å². The maximum absolute atomic E-state index is 13.2. The number of hydrogen-bond donors (Lipinski definition) is 0. The minimum absolute atomic E-state index is 0.0695. The van der Waals surface area contributed by atoms with E-state index in [0.29, 0.717) is 13.2 Å². The molecule has 2 aliphatic heterocycles. The molecular formula is C27H34N2O3S. The number of rotatable bonds is 8. The standard InChI is InChI=1S/C27H34N2O3S/c30-27-23-9-7-22(32-18-16-29-13-5-2-6-14-29)20-26(23)33-25-10-8-21(19-24(25)27)31-17-15-28-11-3-1-4-12-28/h7-10,19-20H,1-6,11-18H2. The Kier molecular flexibility index (Phi) is 7.44.